The zero-order valence-corrected chi connectivity index (χ0v) is 14.0. The average Bonchev–Trinajstić information content (AvgIpc) is 2.40. The van der Waals surface area contributed by atoms with Gasteiger partial charge in [-0.2, -0.15) is 0 Å². The van der Waals surface area contributed by atoms with Crippen LogP contribution in [0.4, 0.5) is 5.69 Å². The number of hydrogen-bond donors (Lipinski definition) is 1. The van der Waals surface area contributed by atoms with Crippen molar-refractivity contribution in [3.63, 3.8) is 0 Å². The van der Waals surface area contributed by atoms with Crippen LogP contribution in [-0.2, 0) is 0 Å². The van der Waals surface area contributed by atoms with Crippen LogP contribution in [0.15, 0.2) is 22.7 Å². The molecule has 0 aliphatic carbocycles. The van der Waals surface area contributed by atoms with Crippen molar-refractivity contribution >= 4 is 38.8 Å². The zero-order valence-electron chi connectivity index (χ0n) is 11.6. The molecule has 0 spiro atoms. The van der Waals surface area contributed by atoms with E-state index in [1.807, 2.05) is 12.1 Å². The lowest BCUT2D eigenvalue weighted by Gasteiger charge is -2.40. The van der Waals surface area contributed by atoms with E-state index in [0.717, 1.165) is 23.1 Å². The summed E-state index contributed by atoms with van der Waals surface area (Å²) < 4.78 is 1.08. The van der Waals surface area contributed by atoms with E-state index in [4.69, 9.17) is 18.0 Å². The highest BCUT2D eigenvalue weighted by molar-refractivity contribution is 9.10. The van der Waals surface area contributed by atoms with Gasteiger partial charge in [0, 0.05) is 23.1 Å². The van der Waals surface area contributed by atoms with Crippen LogP contribution < -0.4 is 10.6 Å². The third kappa shape index (κ3) is 3.29. The second-order valence-electron chi connectivity index (χ2n) is 5.68. The molecule has 0 aromatic heterocycles. The molecule has 1 aliphatic rings. The van der Waals surface area contributed by atoms with Crippen LogP contribution >= 0.6 is 28.1 Å². The first-order valence-electron chi connectivity index (χ1n) is 6.79. The van der Waals surface area contributed by atoms with Gasteiger partial charge in [0.25, 0.3) is 0 Å². The normalized spacial score (nSPS) is 18.4. The van der Waals surface area contributed by atoms with Crippen LogP contribution in [0, 0.1) is 5.41 Å². The Labute approximate surface area is 129 Å². The molecular formula is C15H21BrN2S. The lowest BCUT2D eigenvalue weighted by molar-refractivity contribution is 0.238. The number of piperidine rings is 1. The molecule has 1 fully saturated rings. The van der Waals surface area contributed by atoms with Crippen LogP contribution in [0.25, 0.3) is 0 Å². The second-order valence-corrected chi connectivity index (χ2v) is 6.98. The number of benzene rings is 1. The molecule has 2 nitrogen and oxygen atoms in total. The molecule has 1 saturated heterocycles. The molecule has 4 heteroatoms. The highest BCUT2D eigenvalue weighted by atomic mass is 79.9. The van der Waals surface area contributed by atoms with Crippen molar-refractivity contribution in [2.75, 3.05) is 18.0 Å². The van der Waals surface area contributed by atoms with E-state index in [2.05, 4.69) is 40.7 Å². The first-order chi connectivity index (χ1) is 8.95. The predicted octanol–water partition coefficient (Wildman–Crippen LogP) is 4.10. The summed E-state index contributed by atoms with van der Waals surface area (Å²) in [6.45, 7) is 6.93. The van der Waals surface area contributed by atoms with Gasteiger partial charge in [0.2, 0.25) is 0 Å². The molecule has 1 aliphatic heterocycles. The number of rotatable bonds is 3. The smallest absolute Gasteiger partial charge is 0.104 e. The van der Waals surface area contributed by atoms with Gasteiger partial charge in [-0.3, -0.25) is 0 Å². The van der Waals surface area contributed by atoms with Gasteiger partial charge in [0.05, 0.1) is 5.69 Å². The van der Waals surface area contributed by atoms with Gasteiger partial charge in [0.15, 0.2) is 0 Å². The Kier molecular flexibility index (Phi) is 4.51. The highest BCUT2D eigenvalue weighted by Crippen LogP contribution is 2.37. The summed E-state index contributed by atoms with van der Waals surface area (Å²) >= 11 is 8.65. The third-order valence-electron chi connectivity index (χ3n) is 4.40. The number of nitrogens with two attached hydrogens (primary N) is 1. The molecule has 0 saturated carbocycles. The summed E-state index contributed by atoms with van der Waals surface area (Å²) in [5.74, 6) is 0. The van der Waals surface area contributed by atoms with Crippen molar-refractivity contribution in [3.8, 4) is 0 Å². The molecule has 0 amide bonds. The van der Waals surface area contributed by atoms with Gasteiger partial charge in [-0.1, -0.05) is 32.5 Å². The lowest BCUT2D eigenvalue weighted by Crippen LogP contribution is -2.38. The van der Waals surface area contributed by atoms with Crippen LogP contribution in [0.2, 0.25) is 0 Å². The Morgan fingerprint density at radius 2 is 2.05 bits per heavy atom. The van der Waals surface area contributed by atoms with Crippen molar-refractivity contribution in [2.24, 2.45) is 11.1 Å². The first-order valence-corrected chi connectivity index (χ1v) is 7.99. The highest BCUT2D eigenvalue weighted by Gasteiger charge is 2.28. The molecule has 2 rings (SSSR count). The molecule has 104 valence electrons. The monoisotopic (exact) mass is 340 g/mol. The molecule has 19 heavy (non-hydrogen) atoms. The summed E-state index contributed by atoms with van der Waals surface area (Å²) in [7, 11) is 0. The van der Waals surface area contributed by atoms with Crippen LogP contribution in [-0.4, -0.2) is 18.1 Å². The van der Waals surface area contributed by atoms with Crippen molar-refractivity contribution in [1.29, 1.82) is 0 Å². The minimum absolute atomic E-state index is 0.449. The average molecular weight is 341 g/mol. The zero-order chi connectivity index (χ0) is 14.0. The lowest BCUT2D eigenvalue weighted by atomic mass is 9.78. The van der Waals surface area contributed by atoms with Gasteiger partial charge in [-0.05, 0) is 52.4 Å². The van der Waals surface area contributed by atoms with Crippen LogP contribution in [0.3, 0.4) is 0 Å². The maximum absolute atomic E-state index is 5.66. The van der Waals surface area contributed by atoms with E-state index in [0.29, 0.717) is 10.4 Å². The Hall–Kier alpha value is -0.610. The van der Waals surface area contributed by atoms with E-state index < -0.39 is 0 Å². The van der Waals surface area contributed by atoms with Crippen LogP contribution in [0.1, 0.15) is 38.7 Å². The Bertz CT molecular complexity index is 479. The Morgan fingerprint density at radius 3 is 2.53 bits per heavy atom. The van der Waals surface area contributed by atoms with Crippen molar-refractivity contribution in [3.05, 3.63) is 28.2 Å². The molecule has 0 unspecified atom stereocenters. The number of halogens is 1. The summed E-state index contributed by atoms with van der Waals surface area (Å²) in [4.78, 5) is 2.90. The number of hydrogen-bond acceptors (Lipinski definition) is 2. The maximum atomic E-state index is 5.66. The fourth-order valence-corrected chi connectivity index (χ4v) is 3.31. The van der Waals surface area contributed by atoms with Crippen molar-refractivity contribution in [1.82, 2.24) is 0 Å². The molecule has 0 bridgehead atoms. The first kappa shape index (κ1) is 14.8. The molecule has 0 atom stereocenters. The van der Waals surface area contributed by atoms with E-state index in [1.54, 1.807) is 0 Å². The number of anilines is 1. The quantitative estimate of drug-likeness (QED) is 0.840. The van der Waals surface area contributed by atoms with E-state index in [1.165, 1.54) is 24.9 Å². The number of nitrogens with zero attached hydrogens (tertiary/aromatic N) is 1. The van der Waals surface area contributed by atoms with Gasteiger partial charge >= 0.3 is 0 Å². The summed E-state index contributed by atoms with van der Waals surface area (Å²) in [6, 6.07) is 6.15. The van der Waals surface area contributed by atoms with Gasteiger partial charge in [-0.25, -0.2) is 0 Å². The third-order valence-corrected chi connectivity index (χ3v) is 5.27. The van der Waals surface area contributed by atoms with Crippen molar-refractivity contribution in [2.45, 2.75) is 33.1 Å². The minimum Gasteiger partial charge on any atom is -0.389 e. The van der Waals surface area contributed by atoms with Crippen LogP contribution in [0.5, 0.6) is 0 Å². The van der Waals surface area contributed by atoms with Gasteiger partial charge < -0.3 is 10.6 Å². The maximum Gasteiger partial charge on any atom is 0.104 e. The Morgan fingerprint density at radius 1 is 1.42 bits per heavy atom. The molecule has 1 aromatic carbocycles. The molecule has 0 radical (unpaired) electrons. The standard InChI is InChI=1S/C15H21BrN2S/c1-3-15(2)6-8-18(9-7-15)13-5-4-11(14(17)19)10-12(13)16/h4-5,10H,3,6-9H2,1-2H3,(H2,17,19). The Balaban J connectivity index is 2.14. The fraction of sp³-hybridized carbons (Fsp3) is 0.533. The second kappa shape index (κ2) is 5.80. The van der Waals surface area contributed by atoms with Gasteiger partial charge in [0.1, 0.15) is 4.99 Å². The predicted molar refractivity (Wildman–Crippen MR) is 89.9 cm³/mol. The minimum atomic E-state index is 0.449. The summed E-state index contributed by atoms with van der Waals surface area (Å²) in [5, 5.41) is 0. The fourth-order valence-electron chi connectivity index (χ4n) is 2.56. The van der Waals surface area contributed by atoms with Crippen molar-refractivity contribution < 1.29 is 0 Å². The molecular weight excluding hydrogens is 320 g/mol. The van der Waals surface area contributed by atoms with E-state index in [-0.39, 0.29) is 0 Å². The van der Waals surface area contributed by atoms with Gasteiger partial charge in [-0.15, -0.1) is 0 Å². The summed E-state index contributed by atoms with van der Waals surface area (Å²) in [6.07, 6.45) is 3.78. The summed E-state index contributed by atoms with van der Waals surface area (Å²) in [5.41, 5.74) is 8.34. The molecule has 1 heterocycles. The molecule has 1 aromatic rings. The largest absolute Gasteiger partial charge is 0.389 e. The van der Waals surface area contributed by atoms with E-state index >= 15 is 0 Å². The van der Waals surface area contributed by atoms with E-state index in [9.17, 15) is 0 Å². The SMILES string of the molecule is CCC1(C)CCN(c2ccc(C(N)=S)cc2Br)CC1. The topological polar surface area (TPSA) is 29.3 Å². The molecule has 2 N–H and O–H groups in total. The number of thiocarbonyl (C=S) groups is 1.